The van der Waals surface area contributed by atoms with E-state index in [0.717, 1.165) is 6.07 Å². The summed E-state index contributed by atoms with van der Waals surface area (Å²) < 4.78 is 51.3. The van der Waals surface area contributed by atoms with E-state index in [9.17, 15) is 17.0 Å². The molecule has 8 heteroatoms. The maximum absolute atomic E-state index is 13.8. The fraction of sp³-hybridized carbons (Fsp3) is 0.385. The first-order valence-corrected chi connectivity index (χ1v) is 9.28. The quantitative estimate of drug-likeness (QED) is 0.753. The van der Waals surface area contributed by atoms with Crippen LogP contribution in [0.2, 0.25) is 0 Å². The van der Waals surface area contributed by atoms with E-state index in [1.807, 2.05) is 0 Å². The van der Waals surface area contributed by atoms with Crippen LogP contribution >= 0.6 is 0 Å². The van der Waals surface area contributed by atoms with Gasteiger partial charge < -0.3 is 5.73 Å². The predicted octanol–water partition coefficient (Wildman–Crippen LogP) is 0.181. The Morgan fingerprint density at radius 3 is 2.67 bits per heavy atom. The number of nitrogens with one attached hydrogen (secondary N) is 1. The van der Waals surface area contributed by atoms with Gasteiger partial charge in [0.05, 0.1) is 17.0 Å². The molecule has 0 aliphatic carbocycles. The molecule has 116 valence electrons. The van der Waals surface area contributed by atoms with Crippen LogP contribution in [0.1, 0.15) is 12.5 Å². The molecule has 5 nitrogen and oxygen atoms in total. The summed E-state index contributed by atoms with van der Waals surface area (Å²) in [7, 11) is -4.99. The summed E-state index contributed by atoms with van der Waals surface area (Å²) in [5.74, 6) is 4.46. The molecule has 0 aliphatic rings. The van der Waals surface area contributed by atoms with Crippen molar-refractivity contribution >= 4 is 20.8 Å². The van der Waals surface area contributed by atoms with Crippen molar-refractivity contribution in [3.8, 4) is 11.8 Å². The molecule has 0 saturated carbocycles. The van der Waals surface area contributed by atoms with Crippen LogP contribution in [0.3, 0.4) is 0 Å². The lowest BCUT2D eigenvalue weighted by Crippen LogP contribution is -2.36. The Hall–Kier alpha value is -1.27. The highest BCUT2D eigenvalue weighted by molar-refractivity contribution is 7.89. The largest absolute Gasteiger partial charge is 0.320 e. The van der Waals surface area contributed by atoms with Crippen molar-refractivity contribution in [2.75, 3.05) is 18.6 Å². The Morgan fingerprint density at radius 1 is 1.48 bits per heavy atom. The monoisotopic (exact) mass is 332 g/mol. The molecule has 3 N–H and O–H groups in total. The number of sulfonamides is 1. The summed E-state index contributed by atoms with van der Waals surface area (Å²) in [6.45, 7) is 1.68. The summed E-state index contributed by atoms with van der Waals surface area (Å²) in [4.78, 5) is -0.202. The first kappa shape index (κ1) is 17.8. The van der Waals surface area contributed by atoms with Crippen LogP contribution in [0.15, 0.2) is 23.1 Å². The highest BCUT2D eigenvalue weighted by atomic mass is 32.2. The lowest BCUT2D eigenvalue weighted by atomic mass is 10.2. The molecule has 2 unspecified atom stereocenters. The third-order valence-electron chi connectivity index (χ3n) is 2.42. The van der Waals surface area contributed by atoms with Gasteiger partial charge in [-0.2, -0.15) is 0 Å². The number of hydrogen-bond donors (Lipinski definition) is 2. The molecule has 2 atom stereocenters. The van der Waals surface area contributed by atoms with Crippen molar-refractivity contribution in [1.29, 1.82) is 0 Å². The van der Waals surface area contributed by atoms with Gasteiger partial charge in [-0.05, 0) is 25.1 Å². The zero-order chi connectivity index (χ0) is 16.0. The lowest BCUT2D eigenvalue weighted by molar-refractivity contribution is 0.566. The maximum Gasteiger partial charge on any atom is 0.240 e. The summed E-state index contributed by atoms with van der Waals surface area (Å²) >= 11 is 0. The average Bonchev–Trinajstić information content (AvgIpc) is 2.35. The molecule has 0 fully saturated rings. The minimum absolute atomic E-state index is 0.0853. The number of rotatable bonds is 5. The molecule has 1 aromatic carbocycles. The Kier molecular flexibility index (Phi) is 6.48. The number of halogens is 1. The van der Waals surface area contributed by atoms with Crippen molar-refractivity contribution in [2.45, 2.75) is 17.9 Å². The van der Waals surface area contributed by atoms with Gasteiger partial charge in [-0.25, -0.2) is 17.5 Å². The molecule has 0 saturated heterocycles. The second kappa shape index (κ2) is 7.66. The van der Waals surface area contributed by atoms with Gasteiger partial charge >= 0.3 is 0 Å². The van der Waals surface area contributed by atoms with Crippen LogP contribution in [-0.2, 0) is 20.8 Å². The van der Waals surface area contributed by atoms with Crippen molar-refractivity contribution in [3.63, 3.8) is 0 Å². The van der Waals surface area contributed by atoms with Crippen LogP contribution in [0.4, 0.5) is 4.39 Å². The molecule has 0 amide bonds. The standard InChI is InChI=1S/C13H17FN2O3S2/c1-10(9-20(2)17)16-21(18,19)12-6-5-11(4-3-7-15)13(14)8-12/h5-6,8,10,16H,7,9,15H2,1-2H3. The van der Waals surface area contributed by atoms with Crippen LogP contribution in [0.25, 0.3) is 0 Å². The lowest BCUT2D eigenvalue weighted by Gasteiger charge is -2.13. The van der Waals surface area contributed by atoms with Crippen molar-refractivity contribution in [2.24, 2.45) is 5.73 Å². The second-order valence-corrected chi connectivity index (χ2v) is 7.60. The fourth-order valence-electron chi connectivity index (χ4n) is 1.63. The van der Waals surface area contributed by atoms with Crippen molar-refractivity contribution in [3.05, 3.63) is 29.6 Å². The van der Waals surface area contributed by atoms with Crippen LogP contribution in [0.5, 0.6) is 0 Å². The molecule has 0 aliphatic heterocycles. The Morgan fingerprint density at radius 2 is 2.14 bits per heavy atom. The molecule has 0 heterocycles. The Bertz CT molecular complexity index is 693. The number of nitrogens with two attached hydrogens (primary N) is 1. The van der Waals surface area contributed by atoms with E-state index in [-0.39, 0.29) is 22.8 Å². The van der Waals surface area contributed by atoms with Gasteiger partial charge in [-0.3, -0.25) is 4.21 Å². The SMILES string of the molecule is CC(CS(C)=O)NS(=O)(=O)c1ccc(C#CCN)c(F)c1. The fourth-order valence-corrected chi connectivity index (χ4v) is 3.78. The first-order valence-electron chi connectivity index (χ1n) is 6.07. The maximum atomic E-state index is 13.8. The number of hydrogen-bond acceptors (Lipinski definition) is 4. The van der Waals surface area contributed by atoms with E-state index < -0.39 is 32.7 Å². The van der Waals surface area contributed by atoms with Gasteiger partial charge in [0.15, 0.2) is 0 Å². The normalized spacial score (nSPS) is 14.1. The smallest absolute Gasteiger partial charge is 0.240 e. The molecule has 0 radical (unpaired) electrons. The van der Waals surface area contributed by atoms with Gasteiger partial charge in [-0.1, -0.05) is 11.8 Å². The molecule has 1 aromatic rings. The Balaban J connectivity index is 2.99. The van der Waals surface area contributed by atoms with E-state index >= 15 is 0 Å². The van der Waals surface area contributed by atoms with Crippen LogP contribution in [-0.4, -0.2) is 37.2 Å². The summed E-state index contributed by atoms with van der Waals surface area (Å²) in [5, 5.41) is 0. The topological polar surface area (TPSA) is 89.3 Å². The van der Waals surface area contributed by atoms with Gasteiger partial charge in [0.1, 0.15) is 5.82 Å². The highest BCUT2D eigenvalue weighted by Gasteiger charge is 2.19. The molecule has 0 spiro atoms. The molecule has 0 aromatic heterocycles. The summed E-state index contributed by atoms with van der Waals surface area (Å²) in [6, 6.07) is 2.94. The summed E-state index contributed by atoms with van der Waals surface area (Å²) in [6.07, 6.45) is 1.48. The third kappa shape index (κ3) is 5.55. The van der Waals surface area contributed by atoms with E-state index in [0.29, 0.717) is 0 Å². The minimum atomic E-state index is -3.86. The highest BCUT2D eigenvalue weighted by Crippen LogP contribution is 2.14. The van der Waals surface area contributed by atoms with E-state index in [1.165, 1.54) is 18.4 Å². The second-order valence-electron chi connectivity index (χ2n) is 4.41. The van der Waals surface area contributed by atoms with Crippen molar-refractivity contribution in [1.82, 2.24) is 4.72 Å². The molecule has 1 rings (SSSR count). The van der Waals surface area contributed by atoms with Crippen LogP contribution < -0.4 is 10.5 Å². The summed E-state index contributed by atoms with van der Waals surface area (Å²) in [5.41, 5.74) is 5.28. The van der Waals surface area contributed by atoms with E-state index in [4.69, 9.17) is 5.73 Å². The zero-order valence-electron chi connectivity index (χ0n) is 11.7. The minimum Gasteiger partial charge on any atom is -0.320 e. The molecular weight excluding hydrogens is 315 g/mol. The van der Waals surface area contributed by atoms with Gasteiger partial charge in [-0.15, -0.1) is 0 Å². The van der Waals surface area contributed by atoms with Crippen molar-refractivity contribution < 1.29 is 17.0 Å². The van der Waals surface area contributed by atoms with Crippen LogP contribution in [0, 0.1) is 17.7 Å². The Labute approximate surface area is 126 Å². The molecule has 0 bridgehead atoms. The van der Waals surface area contributed by atoms with Gasteiger partial charge in [0.2, 0.25) is 10.0 Å². The predicted molar refractivity (Wildman–Crippen MR) is 81.0 cm³/mol. The third-order valence-corrected chi connectivity index (χ3v) is 4.97. The van der Waals surface area contributed by atoms with Gasteiger partial charge in [0.25, 0.3) is 0 Å². The molecular formula is C13H17FN2O3S2. The number of benzene rings is 1. The van der Waals surface area contributed by atoms with E-state index in [1.54, 1.807) is 6.92 Å². The zero-order valence-corrected chi connectivity index (χ0v) is 13.4. The first-order chi connectivity index (χ1) is 9.76. The average molecular weight is 332 g/mol. The molecule has 21 heavy (non-hydrogen) atoms. The van der Waals surface area contributed by atoms with E-state index in [2.05, 4.69) is 16.6 Å². The van der Waals surface area contributed by atoms with Gasteiger partial charge in [0, 0.05) is 28.9 Å².